The Morgan fingerprint density at radius 2 is 1.61 bits per heavy atom. The van der Waals surface area contributed by atoms with Crippen molar-refractivity contribution in [3.05, 3.63) is 126 Å². The van der Waals surface area contributed by atoms with Crippen LogP contribution in [0.25, 0.3) is 33.4 Å². The Balaban J connectivity index is 1.29. The van der Waals surface area contributed by atoms with E-state index in [1.807, 2.05) is 54.1 Å². The first-order chi connectivity index (χ1) is 22.1. The fourth-order valence-corrected chi connectivity index (χ4v) is 5.65. The number of alkyl halides is 3. The van der Waals surface area contributed by atoms with Crippen LogP contribution in [-0.4, -0.2) is 30.4 Å². The van der Waals surface area contributed by atoms with Crippen LogP contribution in [0.2, 0.25) is 0 Å². The molecule has 0 saturated carbocycles. The van der Waals surface area contributed by atoms with Gasteiger partial charge in [0.1, 0.15) is 11.6 Å². The second kappa shape index (κ2) is 12.5. The van der Waals surface area contributed by atoms with E-state index in [4.69, 9.17) is 14.8 Å². The van der Waals surface area contributed by atoms with Crippen molar-refractivity contribution in [1.82, 2.24) is 19.1 Å². The molecule has 0 aliphatic carbocycles. The number of para-hydroxylation sites is 1. The molecule has 0 spiro atoms. The van der Waals surface area contributed by atoms with Crippen molar-refractivity contribution in [2.24, 2.45) is 0 Å². The molecule has 46 heavy (non-hydrogen) atoms. The maximum absolute atomic E-state index is 13.0. The van der Waals surface area contributed by atoms with Crippen molar-refractivity contribution < 1.29 is 27.8 Å². The number of nitrogens with zero attached hydrogens (tertiary/aromatic N) is 4. The molecular weight excluding hydrogens is 593 g/mol. The zero-order chi connectivity index (χ0) is 32.4. The molecule has 2 heterocycles. The van der Waals surface area contributed by atoms with E-state index < -0.39 is 17.9 Å². The van der Waals surface area contributed by atoms with Crippen LogP contribution in [0.15, 0.2) is 97.5 Å². The van der Waals surface area contributed by atoms with Gasteiger partial charge in [-0.05, 0) is 65.9 Å². The number of carboxylic acid groups (broad SMARTS) is 1. The van der Waals surface area contributed by atoms with E-state index in [2.05, 4.69) is 28.6 Å². The van der Waals surface area contributed by atoms with E-state index in [0.29, 0.717) is 18.7 Å². The van der Waals surface area contributed by atoms with Gasteiger partial charge in [0.15, 0.2) is 0 Å². The molecule has 0 aliphatic rings. The van der Waals surface area contributed by atoms with Crippen LogP contribution in [0, 0.1) is 6.92 Å². The molecule has 7 nitrogen and oxygen atoms in total. The van der Waals surface area contributed by atoms with Gasteiger partial charge in [-0.3, -0.25) is 0 Å². The molecule has 0 atom stereocenters. The summed E-state index contributed by atoms with van der Waals surface area (Å²) in [6.45, 7) is 5.14. The summed E-state index contributed by atoms with van der Waals surface area (Å²) >= 11 is 0. The van der Waals surface area contributed by atoms with Gasteiger partial charge in [0.2, 0.25) is 0 Å². The van der Waals surface area contributed by atoms with Gasteiger partial charge in [-0.25, -0.2) is 14.8 Å². The van der Waals surface area contributed by atoms with Gasteiger partial charge in [0.25, 0.3) is 0 Å². The fourth-order valence-electron chi connectivity index (χ4n) is 5.65. The third kappa shape index (κ3) is 6.51. The lowest BCUT2D eigenvalue weighted by Crippen LogP contribution is -2.05. The molecule has 234 valence electrons. The molecule has 0 saturated heterocycles. The number of rotatable bonds is 9. The topological polar surface area (TPSA) is 82.2 Å². The van der Waals surface area contributed by atoms with Gasteiger partial charge >= 0.3 is 12.3 Å². The zero-order valence-corrected chi connectivity index (χ0v) is 25.3. The molecule has 1 N–H and O–H groups in total. The van der Waals surface area contributed by atoms with Crippen LogP contribution in [0.5, 0.6) is 5.75 Å². The zero-order valence-electron chi connectivity index (χ0n) is 25.3. The predicted octanol–water partition coefficient (Wildman–Crippen LogP) is 9.00. The number of hydrogen-bond donors (Lipinski definition) is 1. The van der Waals surface area contributed by atoms with E-state index in [9.17, 15) is 18.0 Å². The Morgan fingerprint density at radius 3 is 2.30 bits per heavy atom. The average Bonchev–Trinajstić information content (AvgIpc) is 3.63. The quantitative estimate of drug-likeness (QED) is 0.128. The molecule has 10 heteroatoms. The van der Waals surface area contributed by atoms with Crippen LogP contribution >= 0.6 is 0 Å². The number of aryl methyl sites for hydroxylation is 2. The van der Waals surface area contributed by atoms with Crippen molar-refractivity contribution in [1.29, 1.82) is 0 Å². The van der Waals surface area contributed by atoms with Crippen molar-refractivity contribution in [2.45, 2.75) is 46.0 Å². The molecule has 2 aromatic heterocycles. The van der Waals surface area contributed by atoms with E-state index in [-0.39, 0.29) is 5.75 Å². The highest BCUT2D eigenvalue weighted by Crippen LogP contribution is 2.32. The van der Waals surface area contributed by atoms with Crippen LogP contribution in [0.3, 0.4) is 0 Å². The standard InChI is InChI=1S/C36H31F3N4O3/c1-3-6-33-41-34-23(2)17-27(30-21-42(22-40-30)19-24-11-15-28(16-12-24)36(37,38)39)18-31(34)43(33)20-25-9-13-26(14-10-25)29-7-4-5-8-32(29)46-35(44)45/h4-5,7-18,21-22H,3,6,19-20H2,1-2H3,(H,44,45). The molecule has 6 aromatic rings. The minimum atomic E-state index is -4.37. The van der Waals surface area contributed by atoms with Crippen molar-refractivity contribution in [3.8, 4) is 28.1 Å². The monoisotopic (exact) mass is 624 g/mol. The maximum Gasteiger partial charge on any atom is 0.511 e. The third-order valence-corrected chi connectivity index (χ3v) is 7.86. The van der Waals surface area contributed by atoms with E-state index in [0.717, 1.165) is 75.3 Å². The number of ether oxygens (including phenoxy) is 1. The number of imidazole rings is 2. The van der Waals surface area contributed by atoms with Crippen molar-refractivity contribution in [2.75, 3.05) is 0 Å². The summed E-state index contributed by atoms with van der Waals surface area (Å²) in [5, 5.41) is 9.12. The first kappa shape index (κ1) is 30.6. The maximum atomic E-state index is 13.0. The summed E-state index contributed by atoms with van der Waals surface area (Å²) in [7, 11) is 0. The number of fused-ring (bicyclic) bond motifs is 1. The molecule has 4 aromatic carbocycles. The highest BCUT2D eigenvalue weighted by Gasteiger charge is 2.30. The average molecular weight is 625 g/mol. The Bertz CT molecular complexity index is 2010. The fraction of sp³-hybridized carbons (Fsp3) is 0.194. The number of hydrogen-bond acceptors (Lipinski definition) is 4. The Labute approximate surface area is 263 Å². The lowest BCUT2D eigenvalue weighted by molar-refractivity contribution is -0.137. The van der Waals surface area contributed by atoms with E-state index in [1.54, 1.807) is 18.5 Å². The van der Waals surface area contributed by atoms with Gasteiger partial charge in [0, 0.05) is 36.8 Å². The first-order valence-corrected chi connectivity index (χ1v) is 14.9. The number of carbonyl (C=O) groups is 1. The number of aromatic nitrogens is 4. The largest absolute Gasteiger partial charge is 0.511 e. The molecule has 0 aliphatic heterocycles. The summed E-state index contributed by atoms with van der Waals surface area (Å²) in [5.74, 6) is 1.26. The summed E-state index contributed by atoms with van der Waals surface area (Å²) in [6, 6.07) is 24.3. The molecular formula is C36H31F3N4O3. The highest BCUT2D eigenvalue weighted by atomic mass is 19.4. The van der Waals surface area contributed by atoms with Gasteiger partial charge in [-0.15, -0.1) is 0 Å². The second-order valence-electron chi connectivity index (χ2n) is 11.2. The lowest BCUT2D eigenvalue weighted by atomic mass is 10.0. The van der Waals surface area contributed by atoms with Crippen LogP contribution in [0.4, 0.5) is 18.0 Å². The minimum Gasteiger partial charge on any atom is -0.449 e. The lowest BCUT2D eigenvalue weighted by Gasteiger charge is -2.12. The second-order valence-corrected chi connectivity index (χ2v) is 11.2. The van der Waals surface area contributed by atoms with Crippen LogP contribution < -0.4 is 4.74 Å². The Hall–Kier alpha value is -5.38. The Kier molecular flexibility index (Phi) is 8.36. The van der Waals surface area contributed by atoms with Crippen molar-refractivity contribution >= 4 is 17.2 Å². The Morgan fingerprint density at radius 1 is 0.913 bits per heavy atom. The van der Waals surface area contributed by atoms with E-state index >= 15 is 0 Å². The van der Waals surface area contributed by atoms with Gasteiger partial charge < -0.3 is 19.0 Å². The number of halogens is 3. The van der Waals surface area contributed by atoms with Gasteiger partial charge in [0.05, 0.1) is 28.6 Å². The van der Waals surface area contributed by atoms with Crippen LogP contribution in [0.1, 0.15) is 41.4 Å². The molecule has 6 rings (SSSR count). The molecule has 0 radical (unpaired) electrons. The summed E-state index contributed by atoms with van der Waals surface area (Å²) in [4.78, 5) is 20.8. The molecule has 0 fully saturated rings. The van der Waals surface area contributed by atoms with Crippen molar-refractivity contribution in [3.63, 3.8) is 0 Å². The van der Waals surface area contributed by atoms with Gasteiger partial charge in [-0.1, -0.05) is 61.5 Å². The number of benzene rings is 4. The van der Waals surface area contributed by atoms with Gasteiger partial charge in [-0.2, -0.15) is 13.2 Å². The third-order valence-electron chi connectivity index (χ3n) is 7.86. The summed E-state index contributed by atoms with van der Waals surface area (Å²) < 4.78 is 47.9. The smallest absolute Gasteiger partial charge is 0.449 e. The van der Waals surface area contributed by atoms with E-state index in [1.165, 1.54) is 12.1 Å². The summed E-state index contributed by atoms with van der Waals surface area (Å²) in [6.07, 6.45) is -0.397. The summed E-state index contributed by atoms with van der Waals surface area (Å²) in [5.41, 5.74) is 7.27. The first-order valence-electron chi connectivity index (χ1n) is 14.9. The SMILES string of the molecule is CCCc1nc2c(C)cc(-c3cn(Cc4ccc(C(F)(F)F)cc4)cn3)cc2n1Cc1ccc(-c2ccccc2OC(=O)O)cc1. The highest BCUT2D eigenvalue weighted by molar-refractivity contribution is 5.85. The molecule has 0 bridgehead atoms. The van der Waals surface area contributed by atoms with Crippen LogP contribution in [-0.2, 0) is 25.7 Å². The predicted molar refractivity (Wildman–Crippen MR) is 170 cm³/mol. The molecule has 0 amide bonds. The minimum absolute atomic E-state index is 0.276. The molecule has 0 unspecified atom stereocenters. The normalized spacial score (nSPS) is 11.7.